The second kappa shape index (κ2) is 7.14. The van der Waals surface area contributed by atoms with Crippen LogP contribution in [0.2, 0.25) is 5.02 Å². The average Bonchev–Trinajstić information content (AvgIpc) is 3.32. The van der Waals surface area contributed by atoms with E-state index in [1.165, 1.54) is 16.8 Å². The van der Waals surface area contributed by atoms with E-state index in [2.05, 4.69) is 15.7 Å². The molecule has 2 aromatic carbocycles. The molecule has 30 heavy (non-hydrogen) atoms. The lowest BCUT2D eigenvalue weighted by molar-refractivity contribution is -0.118. The monoisotopic (exact) mass is 426 g/mol. The Morgan fingerprint density at radius 2 is 2.10 bits per heavy atom. The van der Waals surface area contributed by atoms with Crippen LogP contribution in [0.4, 0.5) is 15.8 Å². The van der Waals surface area contributed by atoms with Gasteiger partial charge in [-0.05, 0) is 37.5 Å². The van der Waals surface area contributed by atoms with Crippen molar-refractivity contribution in [3.8, 4) is 11.4 Å². The average molecular weight is 427 g/mol. The van der Waals surface area contributed by atoms with E-state index in [1.54, 1.807) is 24.3 Å². The van der Waals surface area contributed by atoms with Crippen molar-refractivity contribution in [3.05, 3.63) is 64.2 Å². The van der Waals surface area contributed by atoms with Gasteiger partial charge in [0.25, 0.3) is 11.8 Å². The summed E-state index contributed by atoms with van der Waals surface area (Å²) in [6.45, 7) is -0.109. The van der Waals surface area contributed by atoms with Gasteiger partial charge in [-0.1, -0.05) is 23.7 Å². The summed E-state index contributed by atoms with van der Waals surface area (Å²) in [7, 11) is 0. The van der Waals surface area contributed by atoms with Crippen LogP contribution in [0.1, 0.15) is 28.2 Å². The Bertz CT molecular complexity index is 1210. The summed E-state index contributed by atoms with van der Waals surface area (Å²) >= 11 is 6.28. The molecule has 0 unspecified atom stereocenters. The number of hydrogen-bond acceptors (Lipinski definition) is 4. The van der Waals surface area contributed by atoms with E-state index in [4.69, 9.17) is 16.3 Å². The smallest absolute Gasteiger partial charge is 0.276 e. The van der Waals surface area contributed by atoms with Crippen molar-refractivity contribution in [2.45, 2.75) is 19.3 Å². The topological polar surface area (TPSA) is 85.2 Å². The van der Waals surface area contributed by atoms with Crippen LogP contribution in [0.3, 0.4) is 0 Å². The lowest BCUT2D eigenvalue weighted by Gasteiger charge is -2.19. The molecule has 0 bridgehead atoms. The molecule has 0 spiro atoms. The number of para-hydroxylation sites is 1. The van der Waals surface area contributed by atoms with Crippen LogP contribution in [0.15, 0.2) is 36.4 Å². The van der Waals surface area contributed by atoms with Gasteiger partial charge in [0, 0.05) is 17.3 Å². The van der Waals surface area contributed by atoms with Gasteiger partial charge < -0.3 is 15.4 Å². The first-order chi connectivity index (χ1) is 14.5. The molecular weight excluding hydrogens is 411 g/mol. The number of amides is 2. The summed E-state index contributed by atoms with van der Waals surface area (Å²) in [5.41, 5.74) is 2.99. The minimum atomic E-state index is -0.440. The molecule has 1 aromatic heterocycles. The van der Waals surface area contributed by atoms with Gasteiger partial charge >= 0.3 is 0 Å². The van der Waals surface area contributed by atoms with Gasteiger partial charge in [0.1, 0.15) is 17.3 Å². The Balaban J connectivity index is 1.49. The summed E-state index contributed by atoms with van der Waals surface area (Å²) in [4.78, 5) is 24.5. The van der Waals surface area contributed by atoms with Crippen LogP contribution in [0, 0.1) is 5.82 Å². The van der Waals surface area contributed by atoms with Crippen LogP contribution in [-0.4, -0.2) is 28.2 Å². The third-order valence-corrected chi connectivity index (χ3v) is 5.49. The van der Waals surface area contributed by atoms with Crippen molar-refractivity contribution < 1.29 is 18.7 Å². The third kappa shape index (κ3) is 3.09. The third-order valence-electron chi connectivity index (χ3n) is 5.18. The second-order valence-corrected chi connectivity index (χ2v) is 7.52. The Hall–Kier alpha value is -3.39. The molecule has 9 heteroatoms. The molecule has 152 valence electrons. The number of hydrogen-bond donors (Lipinski definition) is 2. The Labute approximate surface area is 175 Å². The van der Waals surface area contributed by atoms with E-state index in [1.807, 2.05) is 0 Å². The van der Waals surface area contributed by atoms with Crippen LogP contribution in [0.5, 0.6) is 5.75 Å². The molecule has 1 aliphatic carbocycles. The molecule has 5 rings (SSSR count). The molecule has 7 nitrogen and oxygen atoms in total. The zero-order valence-electron chi connectivity index (χ0n) is 15.7. The summed E-state index contributed by atoms with van der Waals surface area (Å²) in [6, 6.07) is 9.42. The van der Waals surface area contributed by atoms with Crippen molar-refractivity contribution in [1.82, 2.24) is 9.78 Å². The minimum absolute atomic E-state index is 0.109. The van der Waals surface area contributed by atoms with E-state index in [9.17, 15) is 14.0 Å². The van der Waals surface area contributed by atoms with E-state index in [0.717, 1.165) is 24.1 Å². The van der Waals surface area contributed by atoms with Crippen molar-refractivity contribution in [2.24, 2.45) is 0 Å². The van der Waals surface area contributed by atoms with E-state index < -0.39 is 11.7 Å². The molecule has 0 atom stereocenters. The molecule has 0 saturated heterocycles. The maximum Gasteiger partial charge on any atom is 0.276 e. The fourth-order valence-corrected chi connectivity index (χ4v) is 4.03. The van der Waals surface area contributed by atoms with Gasteiger partial charge in [0.05, 0.1) is 16.4 Å². The largest absolute Gasteiger partial charge is 0.482 e. The van der Waals surface area contributed by atoms with Gasteiger partial charge in [0.2, 0.25) is 0 Å². The molecular formula is C21H16ClFN4O3. The molecule has 0 saturated carbocycles. The molecule has 2 amide bonds. The normalized spacial score (nSPS) is 14.5. The number of fused-ring (bicyclic) bond motifs is 2. The molecule has 1 aliphatic heterocycles. The van der Waals surface area contributed by atoms with E-state index >= 15 is 0 Å². The van der Waals surface area contributed by atoms with Gasteiger partial charge in [-0.3, -0.25) is 9.59 Å². The second-order valence-electron chi connectivity index (χ2n) is 7.11. The fraction of sp³-hybridized carbons (Fsp3) is 0.190. The van der Waals surface area contributed by atoms with Gasteiger partial charge in [-0.15, -0.1) is 0 Å². The number of ether oxygens (including phenoxy) is 1. The Kier molecular flexibility index (Phi) is 4.43. The zero-order chi connectivity index (χ0) is 20.8. The lowest BCUT2D eigenvalue weighted by Crippen LogP contribution is -2.25. The molecule has 0 fully saturated rings. The first kappa shape index (κ1) is 18.6. The van der Waals surface area contributed by atoms with Gasteiger partial charge in [-0.2, -0.15) is 5.10 Å². The molecule has 2 heterocycles. The van der Waals surface area contributed by atoms with Crippen molar-refractivity contribution in [3.63, 3.8) is 0 Å². The number of aromatic nitrogens is 2. The molecule has 0 radical (unpaired) electrons. The molecule has 3 aromatic rings. The van der Waals surface area contributed by atoms with Crippen molar-refractivity contribution in [1.29, 1.82) is 0 Å². The number of carbonyl (C=O) groups excluding carboxylic acids is 2. The lowest BCUT2D eigenvalue weighted by atomic mass is 10.2. The number of benzene rings is 2. The quantitative estimate of drug-likeness (QED) is 0.668. The summed E-state index contributed by atoms with van der Waals surface area (Å²) in [5.74, 6) is -0.704. The van der Waals surface area contributed by atoms with Crippen LogP contribution < -0.4 is 15.4 Å². The predicted octanol–water partition coefficient (Wildman–Crippen LogP) is 3.74. The predicted molar refractivity (Wildman–Crippen MR) is 109 cm³/mol. The first-order valence-corrected chi connectivity index (χ1v) is 9.82. The van der Waals surface area contributed by atoms with Crippen LogP contribution >= 0.6 is 11.6 Å². The summed E-state index contributed by atoms with van der Waals surface area (Å²) in [6.07, 6.45) is 2.28. The highest BCUT2D eigenvalue weighted by molar-refractivity contribution is 6.34. The number of halogens is 2. The van der Waals surface area contributed by atoms with Gasteiger partial charge in [-0.25, -0.2) is 9.07 Å². The van der Waals surface area contributed by atoms with Gasteiger partial charge in [0.15, 0.2) is 12.3 Å². The van der Waals surface area contributed by atoms with Crippen molar-refractivity contribution >= 4 is 34.8 Å². The highest BCUT2D eigenvalue weighted by Crippen LogP contribution is 2.37. The Morgan fingerprint density at radius 3 is 2.93 bits per heavy atom. The summed E-state index contributed by atoms with van der Waals surface area (Å²) in [5, 5.41) is 10.1. The number of rotatable bonds is 3. The maximum absolute atomic E-state index is 14.3. The minimum Gasteiger partial charge on any atom is -0.482 e. The van der Waals surface area contributed by atoms with Crippen LogP contribution in [-0.2, 0) is 17.6 Å². The number of nitrogens with one attached hydrogen (secondary N) is 2. The number of carbonyl (C=O) groups is 2. The SMILES string of the molecule is O=C1COc2cc(NC(=O)c3nn(-c4ccccc4F)c4c3CCC4)c(Cl)cc2N1. The zero-order valence-corrected chi connectivity index (χ0v) is 16.4. The molecule has 2 N–H and O–H groups in total. The van der Waals surface area contributed by atoms with E-state index in [0.29, 0.717) is 29.2 Å². The van der Waals surface area contributed by atoms with Crippen LogP contribution in [0.25, 0.3) is 5.69 Å². The fourth-order valence-electron chi connectivity index (χ4n) is 3.82. The number of anilines is 2. The first-order valence-electron chi connectivity index (χ1n) is 9.44. The molecule has 2 aliphatic rings. The maximum atomic E-state index is 14.3. The highest BCUT2D eigenvalue weighted by Gasteiger charge is 2.28. The van der Waals surface area contributed by atoms with Crippen molar-refractivity contribution in [2.75, 3.05) is 17.2 Å². The van der Waals surface area contributed by atoms with E-state index in [-0.39, 0.29) is 23.2 Å². The Morgan fingerprint density at radius 1 is 1.27 bits per heavy atom. The standard InChI is InChI=1S/C21H16ClFN4O3/c22-12-8-15-18(30-10-19(28)24-15)9-14(12)25-21(29)20-11-4-3-7-16(11)27(26-20)17-6-2-1-5-13(17)23/h1-2,5-6,8-9H,3-4,7,10H2,(H,24,28)(H,25,29). The highest BCUT2D eigenvalue weighted by atomic mass is 35.5. The summed E-state index contributed by atoms with van der Waals surface area (Å²) < 4.78 is 21.2. The number of nitrogens with zero attached hydrogens (tertiary/aromatic N) is 2.